The van der Waals surface area contributed by atoms with Crippen LogP contribution in [-0.4, -0.2) is 55.5 Å². The molecule has 0 aromatic heterocycles. The zero-order valence-electron chi connectivity index (χ0n) is 11.7. The molecule has 0 spiro atoms. The third kappa shape index (κ3) is 2.81. The second-order valence-electron chi connectivity index (χ2n) is 5.04. The Morgan fingerprint density at radius 2 is 2.16 bits per heavy atom. The quantitative estimate of drug-likeness (QED) is 0.810. The fourth-order valence-electron chi connectivity index (χ4n) is 2.26. The summed E-state index contributed by atoms with van der Waals surface area (Å²) in [5.41, 5.74) is 6.94. The molecule has 1 saturated heterocycles. The number of piperazine rings is 1. The number of nitrogens with zero attached hydrogens (tertiary/aromatic N) is 2. The molecular formula is C14H21N3O2. The monoisotopic (exact) mass is 263 g/mol. The molecule has 2 rings (SSSR count). The van der Waals surface area contributed by atoms with Gasteiger partial charge in [-0.3, -0.25) is 4.79 Å². The van der Waals surface area contributed by atoms with Gasteiger partial charge in [0.15, 0.2) is 0 Å². The number of benzene rings is 1. The molecule has 1 amide bonds. The number of carbonyl (C=O) groups is 1. The molecule has 0 saturated carbocycles. The van der Waals surface area contributed by atoms with Crippen molar-refractivity contribution >= 4 is 11.6 Å². The van der Waals surface area contributed by atoms with E-state index in [0.29, 0.717) is 23.0 Å². The van der Waals surface area contributed by atoms with Crippen LogP contribution in [0.25, 0.3) is 0 Å². The topological polar surface area (TPSA) is 58.8 Å². The van der Waals surface area contributed by atoms with Crippen LogP contribution in [-0.2, 0) is 0 Å². The Morgan fingerprint density at radius 3 is 2.79 bits per heavy atom. The van der Waals surface area contributed by atoms with E-state index in [4.69, 9.17) is 10.5 Å². The van der Waals surface area contributed by atoms with Crippen molar-refractivity contribution in [3.63, 3.8) is 0 Å². The van der Waals surface area contributed by atoms with Gasteiger partial charge < -0.3 is 20.3 Å². The fraction of sp³-hybridized carbons (Fsp3) is 0.500. The molecule has 1 fully saturated rings. The lowest BCUT2D eigenvalue weighted by Crippen LogP contribution is -2.52. The second-order valence-corrected chi connectivity index (χ2v) is 5.04. The van der Waals surface area contributed by atoms with E-state index in [-0.39, 0.29) is 5.91 Å². The van der Waals surface area contributed by atoms with Crippen molar-refractivity contribution in [2.45, 2.75) is 13.0 Å². The summed E-state index contributed by atoms with van der Waals surface area (Å²) in [6, 6.07) is 5.56. The van der Waals surface area contributed by atoms with E-state index in [2.05, 4.69) is 18.9 Å². The number of carbonyl (C=O) groups excluding carboxylic acids is 1. The molecule has 0 aliphatic carbocycles. The Kier molecular flexibility index (Phi) is 3.95. The summed E-state index contributed by atoms with van der Waals surface area (Å²) in [5.74, 6) is 0.589. The van der Waals surface area contributed by atoms with Crippen LogP contribution in [0, 0.1) is 0 Å². The Morgan fingerprint density at radius 1 is 1.42 bits per heavy atom. The summed E-state index contributed by atoms with van der Waals surface area (Å²) < 4.78 is 5.16. The Balaban J connectivity index is 2.15. The minimum absolute atomic E-state index is 0.0400. The van der Waals surface area contributed by atoms with Gasteiger partial charge in [0, 0.05) is 31.2 Å². The van der Waals surface area contributed by atoms with Crippen LogP contribution in [0.2, 0.25) is 0 Å². The molecule has 5 heteroatoms. The van der Waals surface area contributed by atoms with Crippen LogP contribution in [0.4, 0.5) is 5.69 Å². The molecule has 0 bridgehead atoms. The molecule has 0 radical (unpaired) electrons. The number of ether oxygens (including phenoxy) is 1. The molecule has 5 nitrogen and oxygen atoms in total. The largest absolute Gasteiger partial charge is 0.495 e. The number of hydrogen-bond donors (Lipinski definition) is 1. The third-order valence-electron chi connectivity index (χ3n) is 3.73. The first-order valence-corrected chi connectivity index (χ1v) is 6.46. The van der Waals surface area contributed by atoms with Gasteiger partial charge in [-0.05, 0) is 32.2 Å². The van der Waals surface area contributed by atoms with Gasteiger partial charge in [-0.25, -0.2) is 0 Å². The standard InChI is InChI=1S/C14H21N3O2/c1-10-9-17(7-6-16(10)2)14(18)11-4-5-12(15)13(8-11)19-3/h4-5,8,10H,6-7,9,15H2,1-3H3. The number of anilines is 1. The maximum absolute atomic E-state index is 12.4. The third-order valence-corrected chi connectivity index (χ3v) is 3.73. The number of nitrogens with two attached hydrogens (primary N) is 1. The fourth-order valence-corrected chi connectivity index (χ4v) is 2.26. The number of rotatable bonds is 2. The van der Waals surface area contributed by atoms with Gasteiger partial charge in [0.25, 0.3) is 5.91 Å². The first-order chi connectivity index (χ1) is 9.02. The average Bonchev–Trinajstić information content (AvgIpc) is 2.41. The van der Waals surface area contributed by atoms with E-state index in [1.807, 2.05) is 4.90 Å². The van der Waals surface area contributed by atoms with Crippen molar-refractivity contribution in [1.29, 1.82) is 0 Å². The summed E-state index contributed by atoms with van der Waals surface area (Å²) in [7, 11) is 3.64. The van der Waals surface area contributed by atoms with Crippen LogP contribution in [0.3, 0.4) is 0 Å². The predicted octanol–water partition coefficient (Wildman–Crippen LogP) is 1.05. The maximum Gasteiger partial charge on any atom is 0.254 e. The number of hydrogen-bond acceptors (Lipinski definition) is 4. The number of nitrogen functional groups attached to an aromatic ring is 1. The highest BCUT2D eigenvalue weighted by molar-refractivity contribution is 5.95. The lowest BCUT2D eigenvalue weighted by Gasteiger charge is -2.37. The number of likely N-dealkylation sites (N-methyl/N-ethyl adjacent to an activating group) is 1. The Labute approximate surface area is 113 Å². The van der Waals surface area contributed by atoms with Gasteiger partial charge in [-0.1, -0.05) is 0 Å². The van der Waals surface area contributed by atoms with E-state index in [1.165, 1.54) is 0 Å². The van der Waals surface area contributed by atoms with Crippen LogP contribution in [0.5, 0.6) is 5.75 Å². The van der Waals surface area contributed by atoms with Crippen LogP contribution in [0.15, 0.2) is 18.2 Å². The minimum Gasteiger partial charge on any atom is -0.495 e. The van der Waals surface area contributed by atoms with Crippen LogP contribution in [0.1, 0.15) is 17.3 Å². The summed E-state index contributed by atoms with van der Waals surface area (Å²) in [4.78, 5) is 16.6. The summed E-state index contributed by atoms with van der Waals surface area (Å²) in [6.45, 7) is 4.54. The number of methoxy groups -OCH3 is 1. The van der Waals surface area contributed by atoms with Gasteiger partial charge in [0.05, 0.1) is 12.8 Å². The highest BCUT2D eigenvalue weighted by Gasteiger charge is 2.25. The van der Waals surface area contributed by atoms with E-state index in [1.54, 1.807) is 25.3 Å². The Hall–Kier alpha value is -1.75. The molecule has 1 unspecified atom stereocenters. The van der Waals surface area contributed by atoms with Crippen LogP contribution < -0.4 is 10.5 Å². The molecule has 1 heterocycles. The molecule has 1 aromatic carbocycles. The van der Waals surface area contributed by atoms with Crippen molar-refractivity contribution < 1.29 is 9.53 Å². The molecule has 1 aliphatic rings. The van der Waals surface area contributed by atoms with Crippen LogP contribution >= 0.6 is 0 Å². The number of amides is 1. The van der Waals surface area contributed by atoms with Crippen molar-refractivity contribution in [2.75, 3.05) is 39.5 Å². The van der Waals surface area contributed by atoms with Crippen molar-refractivity contribution in [3.05, 3.63) is 23.8 Å². The Bertz CT molecular complexity index is 476. The molecular weight excluding hydrogens is 242 g/mol. The first kappa shape index (κ1) is 13.7. The lowest BCUT2D eigenvalue weighted by molar-refractivity contribution is 0.0572. The van der Waals surface area contributed by atoms with E-state index in [0.717, 1.165) is 19.6 Å². The van der Waals surface area contributed by atoms with Gasteiger partial charge >= 0.3 is 0 Å². The zero-order valence-corrected chi connectivity index (χ0v) is 11.7. The maximum atomic E-state index is 12.4. The second kappa shape index (κ2) is 5.48. The normalized spacial score (nSPS) is 20.4. The summed E-state index contributed by atoms with van der Waals surface area (Å²) >= 11 is 0. The van der Waals surface area contributed by atoms with Gasteiger partial charge in [0.1, 0.15) is 5.75 Å². The van der Waals surface area contributed by atoms with Gasteiger partial charge in [0.2, 0.25) is 0 Å². The molecule has 104 valence electrons. The molecule has 1 aromatic rings. The molecule has 1 aliphatic heterocycles. The predicted molar refractivity (Wildman–Crippen MR) is 75.4 cm³/mol. The van der Waals surface area contributed by atoms with E-state index >= 15 is 0 Å². The smallest absolute Gasteiger partial charge is 0.254 e. The highest BCUT2D eigenvalue weighted by Crippen LogP contribution is 2.23. The van der Waals surface area contributed by atoms with Crippen molar-refractivity contribution in [2.24, 2.45) is 0 Å². The first-order valence-electron chi connectivity index (χ1n) is 6.46. The van der Waals surface area contributed by atoms with Crippen molar-refractivity contribution in [3.8, 4) is 5.75 Å². The molecule has 19 heavy (non-hydrogen) atoms. The van der Waals surface area contributed by atoms with E-state index < -0.39 is 0 Å². The SMILES string of the molecule is COc1cc(C(=O)N2CCN(C)C(C)C2)ccc1N. The molecule has 1 atom stereocenters. The highest BCUT2D eigenvalue weighted by atomic mass is 16.5. The van der Waals surface area contributed by atoms with Gasteiger partial charge in [-0.2, -0.15) is 0 Å². The van der Waals surface area contributed by atoms with Gasteiger partial charge in [-0.15, -0.1) is 0 Å². The zero-order chi connectivity index (χ0) is 14.0. The summed E-state index contributed by atoms with van der Waals surface area (Å²) in [5, 5.41) is 0. The lowest BCUT2D eigenvalue weighted by atomic mass is 10.1. The summed E-state index contributed by atoms with van der Waals surface area (Å²) in [6.07, 6.45) is 0. The molecule has 2 N–H and O–H groups in total. The average molecular weight is 263 g/mol. The minimum atomic E-state index is 0.0400. The van der Waals surface area contributed by atoms with Crippen molar-refractivity contribution in [1.82, 2.24) is 9.80 Å². The van der Waals surface area contributed by atoms with E-state index in [9.17, 15) is 4.79 Å².